The van der Waals surface area contributed by atoms with Crippen LogP contribution in [0.1, 0.15) is 31.5 Å². The van der Waals surface area contributed by atoms with Crippen molar-refractivity contribution in [1.29, 1.82) is 0 Å². The Morgan fingerprint density at radius 1 is 0.415 bits per heavy atom. The van der Waals surface area contributed by atoms with E-state index < -0.39 is 17.9 Å². The van der Waals surface area contributed by atoms with Gasteiger partial charge in [-0.25, -0.2) is 15.0 Å². The molecule has 0 bridgehead atoms. The van der Waals surface area contributed by atoms with Gasteiger partial charge in [0.05, 0.1) is 51.5 Å². The van der Waals surface area contributed by atoms with E-state index in [1.165, 1.54) is 18.2 Å². The summed E-state index contributed by atoms with van der Waals surface area (Å²) in [5, 5.41) is 34.2. The van der Waals surface area contributed by atoms with E-state index in [0.29, 0.717) is 16.6 Å². The van der Waals surface area contributed by atoms with Crippen LogP contribution in [0.3, 0.4) is 0 Å². The van der Waals surface area contributed by atoms with Gasteiger partial charge in [0, 0.05) is 16.2 Å². The third-order valence-corrected chi connectivity index (χ3v) is 5.42. The number of carboxylic acids is 3. The molecule has 3 heterocycles. The summed E-state index contributed by atoms with van der Waals surface area (Å²) in [4.78, 5) is 43.2. The van der Waals surface area contributed by atoms with E-state index in [1.807, 2.05) is 54.6 Å². The van der Waals surface area contributed by atoms with Gasteiger partial charge >= 0.3 is 68.5 Å². The van der Waals surface area contributed by atoms with Gasteiger partial charge in [0.2, 0.25) is 0 Å². The van der Waals surface area contributed by atoms with Crippen LogP contribution in [0.25, 0.3) is 32.7 Å². The fourth-order valence-corrected chi connectivity index (χ4v) is 3.54. The van der Waals surface area contributed by atoms with Crippen LogP contribution in [0, 0.1) is 0 Å². The van der Waals surface area contributed by atoms with Gasteiger partial charge in [-0.05, 0) is 36.4 Å². The van der Waals surface area contributed by atoms with Gasteiger partial charge in [-0.2, -0.15) is 0 Å². The SMILES string of the molecule is O=C([O-])c1ccc2ccccc2n1.O=C([O-])c1ccc2ccccc2n1.O=C([O-])c1ccc2ccccc2n1.[Cu+2].[K+]. The van der Waals surface area contributed by atoms with E-state index in [1.54, 1.807) is 36.4 Å². The number of hydrogen-bond acceptors (Lipinski definition) is 9. The van der Waals surface area contributed by atoms with Gasteiger partial charge in [-0.15, -0.1) is 0 Å². The van der Waals surface area contributed by atoms with Crippen LogP contribution in [0.2, 0.25) is 0 Å². The van der Waals surface area contributed by atoms with Crippen molar-refractivity contribution in [3.05, 3.63) is 126 Å². The molecule has 201 valence electrons. The van der Waals surface area contributed by atoms with Crippen molar-refractivity contribution in [2.45, 2.75) is 0 Å². The molecule has 0 saturated carbocycles. The summed E-state index contributed by atoms with van der Waals surface area (Å²) in [6.07, 6.45) is 0. The van der Waals surface area contributed by atoms with E-state index in [2.05, 4.69) is 15.0 Å². The van der Waals surface area contributed by atoms with Gasteiger partial charge in [-0.1, -0.05) is 72.8 Å². The quantitative estimate of drug-likeness (QED) is 0.222. The van der Waals surface area contributed by atoms with Crippen LogP contribution in [0.5, 0.6) is 0 Å². The molecule has 9 nitrogen and oxygen atoms in total. The van der Waals surface area contributed by atoms with Crippen LogP contribution in [0.15, 0.2) is 109 Å². The van der Waals surface area contributed by atoms with Crippen molar-refractivity contribution in [3.63, 3.8) is 0 Å². The zero-order valence-electron chi connectivity index (χ0n) is 21.5. The Morgan fingerprint density at radius 3 is 0.902 bits per heavy atom. The molecule has 11 heteroatoms. The molecule has 0 spiro atoms. The number of rotatable bonds is 3. The number of aromatic nitrogens is 3. The Hall–Kier alpha value is -3.54. The molecule has 0 aliphatic carbocycles. The van der Waals surface area contributed by atoms with E-state index in [0.717, 1.165) is 16.2 Å². The maximum Gasteiger partial charge on any atom is 2.00 e. The Labute approximate surface area is 287 Å². The van der Waals surface area contributed by atoms with Crippen LogP contribution in [0.4, 0.5) is 0 Å². The molecular formula is C30H18CuKN3O6. The third kappa shape index (κ3) is 9.24. The van der Waals surface area contributed by atoms with Crippen molar-refractivity contribution in [3.8, 4) is 0 Å². The second-order valence-electron chi connectivity index (χ2n) is 8.03. The second kappa shape index (κ2) is 16.0. The first-order chi connectivity index (χ1) is 18.8. The fourth-order valence-electron chi connectivity index (χ4n) is 3.54. The molecule has 0 amide bonds. The number of hydrogen-bond donors (Lipinski definition) is 0. The number of aromatic carboxylic acids is 3. The smallest absolute Gasteiger partial charge is 0.543 e. The van der Waals surface area contributed by atoms with E-state index in [-0.39, 0.29) is 85.5 Å². The topological polar surface area (TPSA) is 159 Å². The molecule has 0 N–H and O–H groups in total. The van der Waals surface area contributed by atoms with Gasteiger partial charge in [0.15, 0.2) is 0 Å². The maximum atomic E-state index is 10.5. The number of benzene rings is 3. The fraction of sp³-hybridized carbons (Fsp3) is 0. The molecule has 0 aliphatic heterocycles. The van der Waals surface area contributed by atoms with Crippen molar-refractivity contribution >= 4 is 50.6 Å². The van der Waals surface area contributed by atoms with Crippen LogP contribution in [-0.4, -0.2) is 32.9 Å². The summed E-state index contributed by atoms with van der Waals surface area (Å²) in [6.45, 7) is 0. The average molecular weight is 619 g/mol. The predicted molar refractivity (Wildman–Crippen MR) is 138 cm³/mol. The Bertz CT molecular complexity index is 1620. The molecule has 0 unspecified atom stereocenters. The molecule has 6 aromatic rings. The van der Waals surface area contributed by atoms with E-state index >= 15 is 0 Å². The minimum atomic E-state index is -1.24. The summed E-state index contributed by atoms with van der Waals surface area (Å²) < 4.78 is 0. The number of pyridine rings is 3. The molecule has 0 saturated heterocycles. The number of carbonyl (C=O) groups excluding carboxylic acids is 3. The number of fused-ring (bicyclic) bond motifs is 3. The van der Waals surface area contributed by atoms with E-state index in [9.17, 15) is 29.7 Å². The van der Waals surface area contributed by atoms with Gasteiger partial charge < -0.3 is 29.7 Å². The van der Waals surface area contributed by atoms with Crippen LogP contribution >= 0.6 is 0 Å². The monoisotopic (exact) mass is 618 g/mol. The number of carbonyl (C=O) groups is 3. The average Bonchev–Trinajstić information content (AvgIpc) is 2.97. The maximum absolute atomic E-state index is 10.5. The molecule has 3 aromatic carbocycles. The number of nitrogens with zero attached hydrogens (tertiary/aromatic N) is 3. The number of carboxylic acid groups (broad SMARTS) is 3. The Balaban J connectivity index is 0.000000210. The molecular weight excluding hydrogens is 601 g/mol. The molecule has 6 rings (SSSR count). The summed E-state index contributed by atoms with van der Waals surface area (Å²) in [6, 6.07) is 31.5. The van der Waals surface area contributed by atoms with E-state index in [4.69, 9.17) is 0 Å². The zero-order valence-corrected chi connectivity index (χ0v) is 25.5. The molecule has 0 atom stereocenters. The predicted octanol–water partition coefficient (Wildman–Crippen LogP) is -1.20. The molecule has 41 heavy (non-hydrogen) atoms. The zero-order chi connectivity index (χ0) is 27.8. The first-order valence-electron chi connectivity index (χ1n) is 11.5. The minimum absolute atomic E-state index is 0. The van der Waals surface area contributed by atoms with Gasteiger partial charge in [0.25, 0.3) is 0 Å². The summed E-state index contributed by atoms with van der Waals surface area (Å²) in [5.41, 5.74) is 1.92. The third-order valence-electron chi connectivity index (χ3n) is 5.42. The molecule has 3 aromatic heterocycles. The second-order valence-corrected chi connectivity index (χ2v) is 8.03. The minimum Gasteiger partial charge on any atom is -0.543 e. The van der Waals surface area contributed by atoms with Crippen LogP contribution < -0.4 is 66.7 Å². The Kier molecular flexibility index (Phi) is 13.2. The largest absolute Gasteiger partial charge is 2.00 e. The van der Waals surface area contributed by atoms with Crippen molar-refractivity contribution in [1.82, 2.24) is 15.0 Å². The first-order valence-corrected chi connectivity index (χ1v) is 11.5. The summed E-state index contributed by atoms with van der Waals surface area (Å²) in [5.74, 6) is -3.73. The Morgan fingerprint density at radius 2 is 0.659 bits per heavy atom. The number of para-hydroxylation sites is 3. The summed E-state index contributed by atoms with van der Waals surface area (Å²) >= 11 is 0. The van der Waals surface area contributed by atoms with Gasteiger partial charge in [-0.3, -0.25) is 0 Å². The van der Waals surface area contributed by atoms with Gasteiger partial charge in [0.1, 0.15) is 0 Å². The molecule has 1 radical (unpaired) electrons. The normalized spacial score (nSPS) is 9.66. The summed E-state index contributed by atoms with van der Waals surface area (Å²) in [7, 11) is 0. The van der Waals surface area contributed by atoms with Crippen molar-refractivity contribution < 1.29 is 98.2 Å². The van der Waals surface area contributed by atoms with Crippen LogP contribution in [-0.2, 0) is 17.1 Å². The molecule has 0 fully saturated rings. The first kappa shape index (κ1) is 33.7. The van der Waals surface area contributed by atoms with Crippen molar-refractivity contribution in [2.75, 3.05) is 0 Å². The van der Waals surface area contributed by atoms with Crippen molar-refractivity contribution in [2.24, 2.45) is 0 Å². The molecule has 0 aliphatic rings. The standard InChI is InChI=1S/3C10H7NO2.Cu.K/c3*12-10(13)9-6-5-7-3-1-2-4-8(7)11-9;;/h3*1-6H,(H,12,13);;/q;;;+2;+1/p-3.